The van der Waals surface area contributed by atoms with Gasteiger partial charge in [0.05, 0.1) is 9.21 Å². The molecule has 0 fully saturated rings. The molecule has 0 aliphatic heterocycles. The molecule has 2 heterocycles. The van der Waals surface area contributed by atoms with E-state index in [0.717, 1.165) is 15.7 Å². The summed E-state index contributed by atoms with van der Waals surface area (Å²) >= 11 is 12.9. The molecule has 2 nitrogen and oxygen atoms in total. The number of nitrogens with one attached hydrogen (secondary N) is 1. The molecule has 1 N–H and O–H groups in total. The molecule has 0 atom stereocenters. The molecule has 2 aromatic rings. The summed E-state index contributed by atoms with van der Waals surface area (Å²) in [5.74, 6) is -0.0436. The van der Waals surface area contributed by atoms with Crippen LogP contribution in [0.4, 0.5) is 0 Å². The monoisotopic (exact) mass is 303 g/mol. The van der Waals surface area contributed by atoms with Crippen LogP contribution in [0.3, 0.4) is 0 Å². The van der Waals surface area contributed by atoms with Gasteiger partial charge < -0.3 is 5.32 Å². The van der Waals surface area contributed by atoms with Crippen LogP contribution >= 0.6 is 46.9 Å². The van der Waals surface area contributed by atoms with Crippen molar-refractivity contribution >= 4 is 52.8 Å². The van der Waals surface area contributed by atoms with Crippen molar-refractivity contribution in [1.82, 2.24) is 5.32 Å². The summed E-state index contributed by atoms with van der Waals surface area (Å²) in [6, 6.07) is 5.62. The van der Waals surface area contributed by atoms with E-state index in [0.29, 0.717) is 11.4 Å². The van der Waals surface area contributed by atoms with Gasteiger partial charge in [-0.2, -0.15) is 0 Å². The predicted octanol–water partition coefficient (Wildman–Crippen LogP) is 3.72. The van der Waals surface area contributed by atoms with Crippen molar-refractivity contribution in [2.75, 3.05) is 6.54 Å². The molecule has 0 bridgehead atoms. The first-order valence-electron chi connectivity index (χ1n) is 4.95. The zero-order chi connectivity index (χ0) is 12.3. The highest BCUT2D eigenvalue weighted by Gasteiger charge is 2.07. The number of amides is 1. The van der Waals surface area contributed by atoms with Crippen molar-refractivity contribution in [1.29, 1.82) is 0 Å². The molecule has 0 aromatic carbocycles. The van der Waals surface area contributed by atoms with Crippen LogP contribution in [0, 0.1) is 0 Å². The highest BCUT2D eigenvalue weighted by Crippen LogP contribution is 2.21. The van der Waals surface area contributed by atoms with Crippen molar-refractivity contribution in [3.63, 3.8) is 0 Å². The van der Waals surface area contributed by atoms with Crippen molar-refractivity contribution in [3.8, 4) is 0 Å². The van der Waals surface area contributed by atoms with E-state index < -0.39 is 0 Å². The maximum Gasteiger partial charge on any atom is 0.261 e. The quantitative estimate of drug-likeness (QED) is 0.828. The Balaban J connectivity index is 1.81. The van der Waals surface area contributed by atoms with Crippen molar-refractivity contribution < 1.29 is 4.79 Å². The van der Waals surface area contributed by atoms with Crippen molar-refractivity contribution in [3.05, 3.63) is 37.7 Å². The van der Waals surface area contributed by atoms with E-state index in [2.05, 4.69) is 17.9 Å². The van der Waals surface area contributed by atoms with E-state index in [1.165, 1.54) is 16.2 Å². The Bertz CT molecular complexity index is 520. The lowest BCUT2D eigenvalue weighted by atomic mass is 10.3. The van der Waals surface area contributed by atoms with Gasteiger partial charge in [-0.1, -0.05) is 11.6 Å². The molecule has 6 heteroatoms. The van der Waals surface area contributed by atoms with Crippen LogP contribution in [0.5, 0.6) is 0 Å². The fraction of sp³-hybridized carbons (Fsp3) is 0.182. The Hall–Kier alpha value is -0.490. The van der Waals surface area contributed by atoms with E-state index in [1.54, 1.807) is 17.4 Å². The first-order chi connectivity index (χ1) is 8.15. The van der Waals surface area contributed by atoms with E-state index in [1.807, 2.05) is 17.5 Å². The Morgan fingerprint density at radius 1 is 1.47 bits per heavy atom. The average Bonchev–Trinajstić information content (AvgIpc) is 2.88. The van der Waals surface area contributed by atoms with Gasteiger partial charge in [-0.25, -0.2) is 0 Å². The zero-order valence-electron chi connectivity index (χ0n) is 8.77. The number of rotatable bonds is 4. The molecule has 0 saturated heterocycles. The average molecular weight is 304 g/mol. The summed E-state index contributed by atoms with van der Waals surface area (Å²) in [5, 5.41) is 4.72. The first kappa shape index (κ1) is 13.0. The lowest BCUT2D eigenvalue weighted by molar-refractivity contribution is 0.0958. The molecule has 17 heavy (non-hydrogen) atoms. The fourth-order valence-electron chi connectivity index (χ4n) is 1.32. The normalized spacial score (nSPS) is 10.5. The third kappa shape index (κ3) is 3.74. The molecule has 0 spiro atoms. The van der Waals surface area contributed by atoms with Gasteiger partial charge in [0.2, 0.25) is 0 Å². The van der Waals surface area contributed by atoms with Crippen LogP contribution in [-0.4, -0.2) is 12.5 Å². The summed E-state index contributed by atoms with van der Waals surface area (Å²) in [4.78, 5) is 14.4. The molecule has 90 valence electrons. The second-order valence-corrected chi connectivity index (χ2v) is 6.61. The number of carbonyl (C=O) groups is 1. The molecule has 1 amide bonds. The molecule has 2 aromatic heterocycles. The minimum atomic E-state index is -0.0436. The lowest BCUT2D eigenvalue weighted by Crippen LogP contribution is -2.24. The van der Waals surface area contributed by atoms with Crippen LogP contribution < -0.4 is 5.32 Å². The van der Waals surface area contributed by atoms with E-state index in [9.17, 15) is 4.79 Å². The summed E-state index contributed by atoms with van der Waals surface area (Å²) in [6.07, 6.45) is 0.808. The largest absolute Gasteiger partial charge is 0.351 e. The Labute approximate surface area is 118 Å². The van der Waals surface area contributed by atoms with Gasteiger partial charge in [0.1, 0.15) is 0 Å². The van der Waals surface area contributed by atoms with Crippen LogP contribution in [0.2, 0.25) is 4.34 Å². The van der Waals surface area contributed by atoms with Gasteiger partial charge in [-0.3, -0.25) is 4.79 Å². The van der Waals surface area contributed by atoms with Crippen molar-refractivity contribution in [2.45, 2.75) is 11.3 Å². The molecule has 0 unspecified atom stereocenters. The van der Waals surface area contributed by atoms with E-state index in [-0.39, 0.29) is 5.91 Å². The topological polar surface area (TPSA) is 29.1 Å². The van der Waals surface area contributed by atoms with Crippen LogP contribution in [0.15, 0.2) is 28.5 Å². The molecule has 0 radical (unpaired) electrons. The molecule has 2 rings (SSSR count). The number of carbonyl (C=O) groups excluding carboxylic acids is 1. The number of thiol groups is 1. The molecule has 0 aliphatic rings. The Morgan fingerprint density at radius 3 is 2.88 bits per heavy atom. The van der Waals surface area contributed by atoms with Crippen LogP contribution in [0.25, 0.3) is 0 Å². The molecular weight excluding hydrogens is 294 g/mol. The van der Waals surface area contributed by atoms with Crippen LogP contribution in [0.1, 0.15) is 14.5 Å². The molecule has 0 saturated carbocycles. The van der Waals surface area contributed by atoms with E-state index in [4.69, 9.17) is 11.6 Å². The SMILES string of the molecule is O=C(NCCc1ccc(Cl)s1)c1cc(S)cs1. The van der Waals surface area contributed by atoms with E-state index >= 15 is 0 Å². The minimum Gasteiger partial charge on any atom is -0.351 e. The van der Waals surface area contributed by atoms with Gasteiger partial charge in [-0.05, 0) is 24.6 Å². The highest BCUT2D eigenvalue weighted by atomic mass is 35.5. The third-order valence-corrected chi connectivity index (χ3v) is 4.75. The molecular formula is C11H10ClNOS3. The maximum absolute atomic E-state index is 11.7. The van der Waals surface area contributed by atoms with Gasteiger partial charge in [0.25, 0.3) is 5.91 Å². The summed E-state index contributed by atoms with van der Waals surface area (Å²) in [5.41, 5.74) is 0. The lowest BCUT2D eigenvalue weighted by Gasteiger charge is -2.01. The number of hydrogen-bond donors (Lipinski definition) is 2. The van der Waals surface area contributed by atoms with Gasteiger partial charge >= 0.3 is 0 Å². The van der Waals surface area contributed by atoms with Gasteiger partial charge in [-0.15, -0.1) is 35.3 Å². The van der Waals surface area contributed by atoms with Crippen molar-refractivity contribution in [2.24, 2.45) is 0 Å². The van der Waals surface area contributed by atoms with Gasteiger partial charge in [0.15, 0.2) is 0 Å². The third-order valence-electron chi connectivity index (χ3n) is 2.10. The second-order valence-electron chi connectivity index (χ2n) is 3.38. The molecule has 0 aliphatic carbocycles. The Morgan fingerprint density at radius 2 is 2.29 bits per heavy atom. The highest BCUT2D eigenvalue weighted by molar-refractivity contribution is 7.80. The number of hydrogen-bond acceptors (Lipinski definition) is 4. The maximum atomic E-state index is 11.7. The second kappa shape index (κ2) is 5.91. The summed E-state index contributed by atoms with van der Waals surface area (Å²) in [7, 11) is 0. The predicted molar refractivity (Wildman–Crippen MR) is 76.9 cm³/mol. The first-order valence-corrected chi connectivity index (χ1v) is 7.47. The van der Waals surface area contributed by atoms with Crippen LogP contribution in [-0.2, 0) is 6.42 Å². The minimum absolute atomic E-state index is 0.0436. The number of halogens is 1. The summed E-state index contributed by atoms with van der Waals surface area (Å²) in [6.45, 7) is 0.621. The standard InChI is InChI=1S/C11H10ClNOS3/c12-10-2-1-8(17-10)3-4-13-11(14)9-5-7(15)6-16-9/h1-2,5-6,15H,3-4H2,(H,13,14). The summed E-state index contributed by atoms with van der Waals surface area (Å²) < 4.78 is 0.782. The smallest absolute Gasteiger partial charge is 0.261 e. The zero-order valence-corrected chi connectivity index (χ0v) is 12.1. The Kier molecular flexibility index (Phi) is 4.50. The fourth-order valence-corrected chi connectivity index (χ4v) is 3.47. The van der Waals surface area contributed by atoms with Gasteiger partial charge in [0, 0.05) is 21.7 Å². The number of thiophene rings is 2.